The number of nitrogens with one attached hydrogen (secondary N) is 1. The van der Waals surface area contributed by atoms with Crippen molar-refractivity contribution in [3.8, 4) is 0 Å². The zero-order valence-electron chi connectivity index (χ0n) is 14.7. The largest absolute Gasteiger partial charge is 0.312 e. The molecule has 0 saturated carbocycles. The molecule has 0 aliphatic carbocycles. The van der Waals surface area contributed by atoms with Crippen molar-refractivity contribution in [2.24, 2.45) is 0 Å². The number of halogens is 2. The summed E-state index contributed by atoms with van der Waals surface area (Å²) in [6.45, 7) is 3.05. The van der Waals surface area contributed by atoms with Gasteiger partial charge in [-0.3, -0.25) is 0 Å². The average molecular weight is 397 g/mol. The zero-order chi connectivity index (χ0) is 19.0. The molecule has 7 nitrogen and oxygen atoms in total. The van der Waals surface area contributed by atoms with Gasteiger partial charge in [-0.25, -0.2) is 21.5 Å². The Kier molecular flexibility index (Phi) is 4.95. The molecular formula is C17H21F2N5O2S. The zero-order valence-corrected chi connectivity index (χ0v) is 15.6. The fraction of sp³-hybridized carbons (Fsp3) is 0.529. The topological polar surface area (TPSA) is 80.1 Å². The van der Waals surface area contributed by atoms with Gasteiger partial charge < -0.3 is 9.88 Å². The minimum atomic E-state index is -3.71. The van der Waals surface area contributed by atoms with Crippen molar-refractivity contribution < 1.29 is 17.2 Å². The minimum Gasteiger partial charge on any atom is -0.312 e. The summed E-state index contributed by atoms with van der Waals surface area (Å²) >= 11 is 0. The maximum Gasteiger partial charge on any atom is 0.218 e. The number of benzene rings is 1. The summed E-state index contributed by atoms with van der Waals surface area (Å²) in [6, 6.07) is 3.60. The van der Waals surface area contributed by atoms with Crippen LogP contribution in [0.3, 0.4) is 0 Å². The Morgan fingerprint density at radius 3 is 2.70 bits per heavy atom. The van der Waals surface area contributed by atoms with Crippen molar-refractivity contribution in [1.82, 2.24) is 24.4 Å². The average Bonchev–Trinajstić information content (AvgIpc) is 3.10. The monoisotopic (exact) mass is 397 g/mol. The third-order valence-electron chi connectivity index (χ3n) is 5.23. The Morgan fingerprint density at radius 1 is 1.15 bits per heavy atom. The molecule has 1 fully saturated rings. The van der Waals surface area contributed by atoms with Crippen molar-refractivity contribution in [2.75, 3.05) is 19.6 Å². The summed E-state index contributed by atoms with van der Waals surface area (Å²) in [5.41, 5.74) is -0.142. The van der Waals surface area contributed by atoms with Crippen molar-refractivity contribution >= 4 is 10.0 Å². The van der Waals surface area contributed by atoms with Gasteiger partial charge in [0.25, 0.3) is 0 Å². The van der Waals surface area contributed by atoms with Gasteiger partial charge >= 0.3 is 0 Å². The molecule has 2 aromatic rings. The van der Waals surface area contributed by atoms with E-state index in [9.17, 15) is 17.2 Å². The Balaban J connectivity index is 1.44. The normalized spacial score (nSPS) is 19.2. The van der Waals surface area contributed by atoms with E-state index in [4.69, 9.17) is 0 Å². The lowest BCUT2D eigenvalue weighted by Gasteiger charge is -2.31. The predicted octanol–water partition coefficient (Wildman–Crippen LogP) is 1.37. The van der Waals surface area contributed by atoms with Crippen LogP contribution in [0.1, 0.15) is 36.0 Å². The van der Waals surface area contributed by atoms with Crippen LogP contribution in [-0.2, 0) is 28.9 Å². The highest BCUT2D eigenvalue weighted by Crippen LogP contribution is 2.30. The third kappa shape index (κ3) is 3.61. The first kappa shape index (κ1) is 18.5. The Hall–Kier alpha value is -1.91. The second-order valence-corrected chi connectivity index (χ2v) is 8.91. The molecular weight excluding hydrogens is 376 g/mol. The number of rotatable bonds is 4. The number of fused-ring (bicyclic) bond motifs is 1. The SMILES string of the molecule is O=S(=O)(Cc1cccc(F)c1F)N1CCC(c2nnc3n2CCNC3)CC1. The number of sulfonamides is 1. The number of nitrogens with zero attached hydrogens (tertiary/aromatic N) is 4. The van der Waals surface area contributed by atoms with E-state index in [1.165, 1.54) is 16.4 Å². The van der Waals surface area contributed by atoms with Gasteiger partial charge in [0.2, 0.25) is 10.0 Å². The summed E-state index contributed by atoms with van der Waals surface area (Å²) in [4.78, 5) is 0. The second-order valence-electron chi connectivity index (χ2n) is 6.95. The van der Waals surface area contributed by atoms with E-state index in [0.717, 1.165) is 30.8 Å². The van der Waals surface area contributed by atoms with Gasteiger partial charge in [-0.2, -0.15) is 0 Å². The van der Waals surface area contributed by atoms with Crippen molar-refractivity contribution in [1.29, 1.82) is 0 Å². The Morgan fingerprint density at radius 2 is 1.93 bits per heavy atom. The molecule has 0 unspecified atom stereocenters. The van der Waals surface area contributed by atoms with E-state index in [-0.39, 0.29) is 11.5 Å². The van der Waals surface area contributed by atoms with Crippen LogP contribution in [0.2, 0.25) is 0 Å². The lowest BCUT2D eigenvalue weighted by Crippen LogP contribution is -2.39. The van der Waals surface area contributed by atoms with Gasteiger partial charge in [0, 0.05) is 37.7 Å². The van der Waals surface area contributed by atoms with Gasteiger partial charge in [-0.1, -0.05) is 12.1 Å². The molecule has 27 heavy (non-hydrogen) atoms. The van der Waals surface area contributed by atoms with E-state index in [1.54, 1.807) is 0 Å². The van der Waals surface area contributed by atoms with E-state index >= 15 is 0 Å². The molecule has 2 aliphatic rings. The smallest absolute Gasteiger partial charge is 0.218 e. The van der Waals surface area contributed by atoms with Crippen LogP contribution in [0.5, 0.6) is 0 Å². The maximum absolute atomic E-state index is 13.8. The van der Waals surface area contributed by atoms with Gasteiger partial charge in [0.1, 0.15) is 11.6 Å². The van der Waals surface area contributed by atoms with E-state index in [2.05, 4.69) is 20.1 Å². The van der Waals surface area contributed by atoms with Crippen molar-refractivity contribution in [2.45, 2.75) is 37.6 Å². The van der Waals surface area contributed by atoms with Crippen LogP contribution < -0.4 is 5.32 Å². The molecule has 2 aliphatic heterocycles. The fourth-order valence-corrected chi connectivity index (χ4v) is 5.32. The van der Waals surface area contributed by atoms with Crippen molar-refractivity contribution in [3.05, 3.63) is 47.0 Å². The second kappa shape index (κ2) is 7.25. The number of hydrogen-bond donors (Lipinski definition) is 1. The molecule has 0 spiro atoms. The summed E-state index contributed by atoms with van der Waals surface area (Å²) in [6.07, 6.45) is 1.27. The highest BCUT2D eigenvalue weighted by molar-refractivity contribution is 7.88. The molecule has 1 N–H and O–H groups in total. The summed E-state index contributed by atoms with van der Waals surface area (Å²) in [7, 11) is -3.71. The maximum atomic E-state index is 13.8. The van der Waals surface area contributed by atoms with Crippen molar-refractivity contribution in [3.63, 3.8) is 0 Å². The molecule has 4 rings (SSSR count). The molecule has 1 aromatic carbocycles. The lowest BCUT2D eigenvalue weighted by molar-refractivity contribution is 0.306. The van der Waals surface area contributed by atoms with E-state index < -0.39 is 27.4 Å². The van der Waals surface area contributed by atoms with Crippen LogP contribution in [0.15, 0.2) is 18.2 Å². The molecule has 0 radical (unpaired) electrons. The third-order valence-corrected chi connectivity index (χ3v) is 7.06. The molecule has 1 aromatic heterocycles. The first-order valence-corrected chi connectivity index (χ1v) is 10.6. The number of aromatic nitrogens is 3. The predicted molar refractivity (Wildman–Crippen MR) is 94.3 cm³/mol. The number of piperidine rings is 1. The van der Waals surface area contributed by atoms with Gasteiger partial charge in [-0.15, -0.1) is 10.2 Å². The van der Waals surface area contributed by atoms with E-state index in [0.29, 0.717) is 32.5 Å². The molecule has 146 valence electrons. The van der Waals surface area contributed by atoms with Crippen LogP contribution in [0, 0.1) is 11.6 Å². The molecule has 3 heterocycles. The highest BCUT2D eigenvalue weighted by Gasteiger charge is 2.32. The van der Waals surface area contributed by atoms with Gasteiger partial charge in [0.05, 0.1) is 12.3 Å². The fourth-order valence-electron chi connectivity index (χ4n) is 3.76. The van der Waals surface area contributed by atoms with Crippen LogP contribution in [0.4, 0.5) is 8.78 Å². The van der Waals surface area contributed by atoms with E-state index in [1.807, 2.05) is 0 Å². The van der Waals surface area contributed by atoms with Crippen LogP contribution in [-0.4, -0.2) is 47.1 Å². The highest BCUT2D eigenvalue weighted by atomic mass is 32.2. The lowest BCUT2D eigenvalue weighted by atomic mass is 9.97. The summed E-state index contributed by atoms with van der Waals surface area (Å²) < 4.78 is 55.9. The van der Waals surface area contributed by atoms with Gasteiger partial charge in [-0.05, 0) is 18.9 Å². The quantitative estimate of drug-likeness (QED) is 0.843. The van der Waals surface area contributed by atoms with Crippen LogP contribution in [0.25, 0.3) is 0 Å². The molecule has 0 amide bonds. The summed E-state index contributed by atoms with van der Waals surface area (Å²) in [5.74, 6) is -0.686. The minimum absolute atomic E-state index is 0.142. The number of hydrogen-bond acceptors (Lipinski definition) is 5. The summed E-state index contributed by atoms with van der Waals surface area (Å²) in [5, 5.41) is 11.8. The molecule has 1 saturated heterocycles. The first-order valence-electron chi connectivity index (χ1n) is 8.99. The molecule has 0 atom stereocenters. The van der Waals surface area contributed by atoms with Crippen LogP contribution >= 0.6 is 0 Å². The standard InChI is InChI=1S/C17H21F2N5O2S/c18-14-3-1-2-13(16(14)19)11-27(25,26)23-7-4-12(5-8-23)17-22-21-15-10-20-6-9-24(15)17/h1-3,12,20H,4-11H2. The first-order chi connectivity index (χ1) is 13.0. The van der Waals surface area contributed by atoms with Gasteiger partial charge in [0.15, 0.2) is 11.6 Å². The Bertz CT molecular complexity index is 939. The Labute approximate surface area is 156 Å². The molecule has 10 heteroatoms. The molecule has 0 bridgehead atoms.